The Labute approximate surface area is 127 Å². The number of ether oxygens (including phenoxy) is 1. The molecule has 7 heteroatoms. The number of aromatic amines is 1. The Hall–Kier alpha value is -2.15. The summed E-state index contributed by atoms with van der Waals surface area (Å²) in [6, 6.07) is 7.67. The third kappa shape index (κ3) is 3.30. The highest BCUT2D eigenvalue weighted by Crippen LogP contribution is 2.20. The van der Waals surface area contributed by atoms with Crippen LogP contribution in [-0.4, -0.2) is 22.0 Å². The van der Waals surface area contributed by atoms with E-state index in [1.807, 2.05) is 31.2 Å². The molecule has 1 heterocycles. The first-order valence-electron chi connectivity index (χ1n) is 6.65. The van der Waals surface area contributed by atoms with Crippen molar-refractivity contribution in [1.82, 2.24) is 14.9 Å². The van der Waals surface area contributed by atoms with Crippen molar-refractivity contribution in [2.24, 2.45) is 0 Å². The zero-order valence-corrected chi connectivity index (χ0v) is 13.0. The van der Waals surface area contributed by atoms with Gasteiger partial charge in [-0.3, -0.25) is 9.89 Å². The van der Waals surface area contributed by atoms with E-state index in [1.165, 1.54) is 4.68 Å². The second-order valence-corrected chi connectivity index (χ2v) is 5.00. The van der Waals surface area contributed by atoms with Crippen LogP contribution in [0.4, 0.5) is 0 Å². The van der Waals surface area contributed by atoms with Gasteiger partial charge >= 0.3 is 0 Å². The Kier molecular flexibility index (Phi) is 4.74. The van der Waals surface area contributed by atoms with Crippen molar-refractivity contribution in [3.05, 3.63) is 50.6 Å². The molecular formula is C14H18N4O2S. The van der Waals surface area contributed by atoms with Gasteiger partial charge in [-0.1, -0.05) is 19.1 Å². The largest absolute Gasteiger partial charge is 0.497 e. The number of benzene rings is 1. The van der Waals surface area contributed by atoms with E-state index in [-0.39, 0.29) is 16.4 Å². The number of nitrogens with zero attached hydrogens (tertiary/aromatic N) is 2. The molecule has 112 valence electrons. The zero-order chi connectivity index (χ0) is 15.4. The zero-order valence-electron chi connectivity index (χ0n) is 12.2. The summed E-state index contributed by atoms with van der Waals surface area (Å²) in [6.07, 6.45) is 0.801. The molecule has 1 aromatic carbocycles. The molecule has 2 aromatic rings. The van der Waals surface area contributed by atoms with Crippen LogP contribution in [0.1, 0.15) is 30.6 Å². The van der Waals surface area contributed by atoms with Crippen LogP contribution in [0.2, 0.25) is 0 Å². The van der Waals surface area contributed by atoms with E-state index in [2.05, 4.69) is 15.6 Å². The number of rotatable bonds is 5. The summed E-state index contributed by atoms with van der Waals surface area (Å²) < 4.78 is 6.73. The number of H-pyrrole nitrogens is 1. The van der Waals surface area contributed by atoms with Gasteiger partial charge in [0, 0.05) is 0 Å². The summed E-state index contributed by atoms with van der Waals surface area (Å²) in [5.74, 6) is 0.794. The molecule has 0 aliphatic carbocycles. The minimum absolute atomic E-state index is 0.0366. The van der Waals surface area contributed by atoms with E-state index in [9.17, 15) is 4.79 Å². The standard InChI is InChI=1S/C14H18N4O2S/c1-4-12(10-5-7-11(20-3)8-6-10)17-18-13(19)9(2)15-16-14(18)21/h5-8,12,17H,4H2,1-3H3,(H,16,21)/t12-/m0/s1. The molecule has 0 radical (unpaired) electrons. The van der Waals surface area contributed by atoms with Gasteiger partial charge in [-0.2, -0.15) is 9.77 Å². The normalized spacial score (nSPS) is 12.0. The van der Waals surface area contributed by atoms with Crippen LogP contribution in [0, 0.1) is 11.7 Å². The number of aryl methyl sites for hydroxylation is 1. The molecule has 2 rings (SSSR count). The maximum atomic E-state index is 12.1. The molecule has 6 nitrogen and oxygen atoms in total. The van der Waals surface area contributed by atoms with Gasteiger partial charge in [0.15, 0.2) is 0 Å². The van der Waals surface area contributed by atoms with Crippen LogP contribution < -0.4 is 15.7 Å². The van der Waals surface area contributed by atoms with Crippen molar-refractivity contribution in [3.63, 3.8) is 0 Å². The molecule has 0 fully saturated rings. The van der Waals surface area contributed by atoms with Gasteiger partial charge in [-0.25, -0.2) is 0 Å². The van der Waals surface area contributed by atoms with Gasteiger partial charge in [0.2, 0.25) is 4.77 Å². The lowest BCUT2D eigenvalue weighted by Gasteiger charge is -2.20. The van der Waals surface area contributed by atoms with E-state index in [0.29, 0.717) is 5.69 Å². The fourth-order valence-electron chi connectivity index (χ4n) is 1.99. The van der Waals surface area contributed by atoms with Crippen molar-refractivity contribution >= 4 is 12.2 Å². The quantitative estimate of drug-likeness (QED) is 0.829. The van der Waals surface area contributed by atoms with Crippen LogP contribution >= 0.6 is 12.2 Å². The van der Waals surface area contributed by atoms with Crippen LogP contribution in [-0.2, 0) is 0 Å². The van der Waals surface area contributed by atoms with Crippen molar-refractivity contribution in [3.8, 4) is 5.75 Å². The Bertz CT molecular complexity index is 721. The summed E-state index contributed by atoms with van der Waals surface area (Å²) in [5.41, 5.74) is 4.31. The summed E-state index contributed by atoms with van der Waals surface area (Å²) in [5, 5.41) is 6.50. The van der Waals surface area contributed by atoms with Gasteiger partial charge in [0.25, 0.3) is 5.56 Å². The lowest BCUT2D eigenvalue weighted by atomic mass is 10.1. The third-order valence-corrected chi connectivity index (χ3v) is 3.52. The summed E-state index contributed by atoms with van der Waals surface area (Å²) in [4.78, 5) is 12.1. The Morgan fingerprint density at radius 3 is 2.67 bits per heavy atom. The van der Waals surface area contributed by atoms with Crippen LogP contribution in [0.5, 0.6) is 5.75 Å². The molecule has 2 N–H and O–H groups in total. The van der Waals surface area contributed by atoms with Gasteiger partial charge in [0.1, 0.15) is 11.4 Å². The monoisotopic (exact) mass is 306 g/mol. The summed E-state index contributed by atoms with van der Waals surface area (Å²) in [7, 11) is 1.63. The first-order chi connectivity index (χ1) is 10.1. The predicted octanol–water partition coefficient (Wildman–Crippen LogP) is 2.31. The molecule has 0 unspecified atom stereocenters. The Morgan fingerprint density at radius 2 is 2.10 bits per heavy atom. The van der Waals surface area contributed by atoms with Crippen molar-refractivity contribution in [2.75, 3.05) is 12.5 Å². The topological polar surface area (TPSA) is 71.9 Å². The molecule has 21 heavy (non-hydrogen) atoms. The fourth-order valence-corrected chi connectivity index (χ4v) is 2.18. The van der Waals surface area contributed by atoms with E-state index in [4.69, 9.17) is 17.0 Å². The maximum absolute atomic E-state index is 12.1. The van der Waals surface area contributed by atoms with E-state index in [1.54, 1.807) is 14.0 Å². The highest BCUT2D eigenvalue weighted by molar-refractivity contribution is 7.71. The van der Waals surface area contributed by atoms with Crippen LogP contribution in [0.15, 0.2) is 29.1 Å². The highest BCUT2D eigenvalue weighted by Gasteiger charge is 2.12. The molecular weight excluding hydrogens is 288 g/mol. The third-order valence-electron chi connectivity index (χ3n) is 3.25. The van der Waals surface area contributed by atoms with Crippen molar-refractivity contribution in [1.29, 1.82) is 0 Å². The second kappa shape index (κ2) is 6.53. The highest BCUT2D eigenvalue weighted by atomic mass is 32.1. The predicted molar refractivity (Wildman–Crippen MR) is 83.8 cm³/mol. The summed E-state index contributed by atoms with van der Waals surface area (Å²) in [6.45, 7) is 3.67. The van der Waals surface area contributed by atoms with Gasteiger partial charge < -0.3 is 10.2 Å². The number of methoxy groups -OCH3 is 1. The SMILES string of the molecule is CC[C@H](Nn1c(=S)[nH]nc(C)c1=O)c1ccc(OC)cc1. The van der Waals surface area contributed by atoms with E-state index in [0.717, 1.165) is 17.7 Å². The van der Waals surface area contributed by atoms with E-state index >= 15 is 0 Å². The van der Waals surface area contributed by atoms with E-state index < -0.39 is 0 Å². The first kappa shape index (κ1) is 15.2. The van der Waals surface area contributed by atoms with Crippen molar-refractivity contribution in [2.45, 2.75) is 26.3 Å². The molecule has 1 aromatic heterocycles. The second-order valence-electron chi connectivity index (χ2n) is 4.62. The minimum atomic E-state index is -0.245. The number of hydrogen-bond acceptors (Lipinski definition) is 5. The average molecular weight is 306 g/mol. The molecule has 0 bridgehead atoms. The first-order valence-corrected chi connectivity index (χ1v) is 7.06. The number of nitrogens with one attached hydrogen (secondary N) is 2. The van der Waals surface area contributed by atoms with Crippen LogP contribution in [0.25, 0.3) is 0 Å². The van der Waals surface area contributed by atoms with Gasteiger partial charge in [-0.15, -0.1) is 0 Å². The molecule has 0 aliphatic heterocycles. The van der Waals surface area contributed by atoms with Crippen LogP contribution in [0.3, 0.4) is 0 Å². The lowest BCUT2D eigenvalue weighted by Crippen LogP contribution is -2.34. The minimum Gasteiger partial charge on any atom is -0.497 e. The number of hydrogen-bond donors (Lipinski definition) is 2. The van der Waals surface area contributed by atoms with Gasteiger partial charge in [-0.05, 0) is 43.3 Å². The molecule has 0 saturated carbocycles. The Morgan fingerprint density at radius 1 is 1.43 bits per heavy atom. The maximum Gasteiger partial charge on any atom is 0.294 e. The molecule has 0 amide bonds. The van der Waals surface area contributed by atoms with Gasteiger partial charge in [0.05, 0.1) is 13.2 Å². The number of aromatic nitrogens is 3. The molecule has 0 saturated heterocycles. The van der Waals surface area contributed by atoms with Crippen molar-refractivity contribution < 1.29 is 4.74 Å². The summed E-state index contributed by atoms with van der Waals surface area (Å²) >= 11 is 5.12. The molecule has 1 atom stereocenters. The lowest BCUT2D eigenvalue weighted by molar-refractivity contribution is 0.414. The molecule has 0 aliphatic rings. The Balaban J connectivity index is 2.33. The smallest absolute Gasteiger partial charge is 0.294 e. The molecule has 0 spiro atoms. The average Bonchev–Trinajstić information content (AvgIpc) is 2.52. The fraction of sp³-hybridized carbons (Fsp3) is 0.357.